The van der Waals surface area contributed by atoms with Gasteiger partial charge in [-0.3, -0.25) is 0 Å². The zero-order valence-electron chi connectivity index (χ0n) is 7.65. The third-order valence-corrected chi connectivity index (χ3v) is 2.68. The Morgan fingerprint density at radius 1 is 1.29 bits per heavy atom. The van der Waals surface area contributed by atoms with Gasteiger partial charge < -0.3 is 5.32 Å². The maximum absolute atomic E-state index is 5.98. The van der Waals surface area contributed by atoms with Crippen molar-refractivity contribution in [3.05, 3.63) is 38.8 Å². The van der Waals surface area contributed by atoms with Crippen molar-refractivity contribution in [3.8, 4) is 0 Å². The maximum atomic E-state index is 5.98. The van der Waals surface area contributed by atoms with E-state index in [9.17, 15) is 0 Å². The molecule has 0 aromatic heterocycles. The van der Waals surface area contributed by atoms with Gasteiger partial charge in [0.1, 0.15) is 0 Å². The van der Waals surface area contributed by atoms with Gasteiger partial charge in [-0.15, -0.1) is 0 Å². The minimum Gasteiger partial charge on any atom is -0.316 e. The summed E-state index contributed by atoms with van der Waals surface area (Å²) in [5, 5.41) is 4.58. The Morgan fingerprint density at radius 2 is 2.00 bits per heavy atom. The molecule has 0 aliphatic rings. The van der Waals surface area contributed by atoms with Gasteiger partial charge in [0, 0.05) is 11.6 Å². The second-order valence-corrected chi connectivity index (χ2v) is 3.97. The third kappa shape index (κ3) is 3.18. The van der Waals surface area contributed by atoms with Crippen LogP contribution in [-0.2, 0) is 0 Å². The standard InChI is InChI=1S/C10H10Cl3N/c1-14-4-2-3-7-5-8(11)6-9(12)10(7)13/h2-3,5-6,14H,4H2,1H3. The predicted molar refractivity (Wildman–Crippen MR) is 64.4 cm³/mol. The lowest BCUT2D eigenvalue weighted by Crippen LogP contribution is -2.03. The highest BCUT2D eigenvalue weighted by Gasteiger charge is 2.03. The lowest BCUT2D eigenvalue weighted by molar-refractivity contribution is 0.922. The van der Waals surface area contributed by atoms with Gasteiger partial charge >= 0.3 is 0 Å². The first-order valence-electron chi connectivity index (χ1n) is 4.11. The monoisotopic (exact) mass is 249 g/mol. The number of nitrogens with one attached hydrogen (secondary N) is 1. The lowest BCUT2D eigenvalue weighted by atomic mass is 10.2. The van der Waals surface area contributed by atoms with Crippen molar-refractivity contribution >= 4 is 40.9 Å². The van der Waals surface area contributed by atoms with Crippen LogP contribution >= 0.6 is 34.8 Å². The van der Waals surface area contributed by atoms with E-state index >= 15 is 0 Å². The van der Waals surface area contributed by atoms with Crippen LogP contribution in [0.25, 0.3) is 6.08 Å². The molecule has 0 heterocycles. The van der Waals surface area contributed by atoms with Crippen molar-refractivity contribution in [2.24, 2.45) is 0 Å². The summed E-state index contributed by atoms with van der Waals surface area (Å²) in [7, 11) is 1.87. The quantitative estimate of drug-likeness (QED) is 0.803. The molecule has 1 aromatic carbocycles. The van der Waals surface area contributed by atoms with Crippen LogP contribution in [0.1, 0.15) is 5.56 Å². The van der Waals surface area contributed by atoms with Gasteiger partial charge in [-0.25, -0.2) is 0 Å². The number of hydrogen-bond acceptors (Lipinski definition) is 1. The van der Waals surface area contributed by atoms with Crippen molar-refractivity contribution in [1.82, 2.24) is 5.32 Å². The van der Waals surface area contributed by atoms with Crippen LogP contribution in [0.2, 0.25) is 15.1 Å². The Morgan fingerprint density at radius 3 is 2.64 bits per heavy atom. The SMILES string of the molecule is CNCC=Cc1cc(Cl)cc(Cl)c1Cl. The van der Waals surface area contributed by atoms with Gasteiger partial charge in [0.15, 0.2) is 0 Å². The maximum Gasteiger partial charge on any atom is 0.0665 e. The zero-order valence-corrected chi connectivity index (χ0v) is 9.92. The number of rotatable bonds is 3. The highest BCUT2D eigenvalue weighted by molar-refractivity contribution is 6.44. The predicted octanol–water partition coefficient (Wildman–Crippen LogP) is 3.88. The van der Waals surface area contributed by atoms with Gasteiger partial charge in [0.25, 0.3) is 0 Å². The van der Waals surface area contributed by atoms with E-state index in [1.165, 1.54) is 0 Å². The van der Waals surface area contributed by atoms with E-state index < -0.39 is 0 Å². The molecule has 4 heteroatoms. The fourth-order valence-corrected chi connectivity index (χ4v) is 1.68. The van der Waals surface area contributed by atoms with E-state index in [-0.39, 0.29) is 0 Å². The normalized spacial score (nSPS) is 11.1. The molecule has 0 unspecified atom stereocenters. The van der Waals surface area contributed by atoms with Crippen LogP contribution in [-0.4, -0.2) is 13.6 Å². The number of benzene rings is 1. The first-order chi connectivity index (χ1) is 6.65. The average Bonchev–Trinajstić information content (AvgIpc) is 2.13. The average molecular weight is 251 g/mol. The smallest absolute Gasteiger partial charge is 0.0665 e. The van der Waals surface area contributed by atoms with Crippen LogP contribution in [0.3, 0.4) is 0 Å². The summed E-state index contributed by atoms with van der Waals surface area (Å²) in [6.07, 6.45) is 3.84. The fourth-order valence-electron chi connectivity index (χ4n) is 1.00. The first-order valence-corrected chi connectivity index (χ1v) is 5.24. The minimum absolute atomic E-state index is 0.475. The molecular formula is C10H10Cl3N. The Kier molecular flexibility index (Phi) is 4.76. The molecule has 0 aliphatic carbocycles. The van der Waals surface area contributed by atoms with Gasteiger partial charge in [0.2, 0.25) is 0 Å². The molecule has 0 saturated carbocycles. The van der Waals surface area contributed by atoms with E-state index in [0.29, 0.717) is 15.1 Å². The molecule has 0 aliphatic heterocycles. The van der Waals surface area contributed by atoms with E-state index in [0.717, 1.165) is 12.1 Å². The summed E-state index contributed by atoms with van der Waals surface area (Å²) < 4.78 is 0. The molecule has 0 fully saturated rings. The first kappa shape index (κ1) is 11.9. The molecule has 0 bridgehead atoms. The number of halogens is 3. The van der Waals surface area contributed by atoms with E-state index in [2.05, 4.69) is 5.32 Å². The van der Waals surface area contributed by atoms with Crippen molar-refractivity contribution in [3.63, 3.8) is 0 Å². The topological polar surface area (TPSA) is 12.0 Å². The van der Waals surface area contributed by atoms with Crippen LogP contribution in [0.15, 0.2) is 18.2 Å². The summed E-state index contributed by atoms with van der Waals surface area (Å²) in [5.41, 5.74) is 0.833. The molecule has 0 amide bonds. The Bertz CT molecular complexity index is 347. The minimum atomic E-state index is 0.475. The zero-order chi connectivity index (χ0) is 10.6. The molecular weight excluding hydrogens is 240 g/mol. The molecule has 1 aromatic rings. The Labute approximate surface area is 98.7 Å². The molecule has 0 radical (unpaired) electrons. The van der Waals surface area contributed by atoms with Gasteiger partial charge in [-0.2, -0.15) is 0 Å². The van der Waals surface area contributed by atoms with Crippen molar-refractivity contribution in [1.29, 1.82) is 0 Å². The second kappa shape index (κ2) is 5.62. The van der Waals surface area contributed by atoms with E-state index in [1.54, 1.807) is 12.1 Å². The van der Waals surface area contributed by atoms with Crippen LogP contribution in [0.5, 0.6) is 0 Å². The second-order valence-electron chi connectivity index (χ2n) is 2.75. The molecule has 0 spiro atoms. The van der Waals surface area contributed by atoms with Crippen molar-refractivity contribution in [2.75, 3.05) is 13.6 Å². The molecule has 76 valence electrons. The lowest BCUT2D eigenvalue weighted by Gasteiger charge is -2.02. The highest BCUT2D eigenvalue weighted by Crippen LogP contribution is 2.30. The molecule has 1 nitrogen and oxygen atoms in total. The van der Waals surface area contributed by atoms with Crippen molar-refractivity contribution < 1.29 is 0 Å². The summed E-state index contributed by atoms with van der Waals surface area (Å²) >= 11 is 17.7. The van der Waals surface area contributed by atoms with Gasteiger partial charge in [-0.1, -0.05) is 47.0 Å². The Balaban J connectivity index is 2.96. The summed E-state index contributed by atoms with van der Waals surface area (Å²) in [6, 6.07) is 3.41. The molecule has 0 atom stereocenters. The number of likely N-dealkylation sites (N-methyl/N-ethyl adjacent to an activating group) is 1. The van der Waals surface area contributed by atoms with E-state index in [1.807, 2.05) is 19.2 Å². The third-order valence-electron chi connectivity index (χ3n) is 1.64. The summed E-state index contributed by atoms with van der Waals surface area (Å²) in [5.74, 6) is 0. The van der Waals surface area contributed by atoms with Crippen LogP contribution in [0, 0.1) is 0 Å². The van der Waals surface area contributed by atoms with Gasteiger partial charge in [0.05, 0.1) is 10.0 Å². The molecule has 14 heavy (non-hydrogen) atoms. The van der Waals surface area contributed by atoms with Crippen LogP contribution in [0.4, 0.5) is 0 Å². The van der Waals surface area contributed by atoms with Crippen molar-refractivity contribution in [2.45, 2.75) is 0 Å². The molecule has 1 N–H and O–H groups in total. The molecule has 0 saturated heterocycles. The summed E-state index contributed by atoms with van der Waals surface area (Å²) in [4.78, 5) is 0. The molecule has 1 rings (SSSR count). The summed E-state index contributed by atoms with van der Waals surface area (Å²) in [6.45, 7) is 0.778. The fraction of sp³-hybridized carbons (Fsp3) is 0.200. The van der Waals surface area contributed by atoms with E-state index in [4.69, 9.17) is 34.8 Å². The van der Waals surface area contributed by atoms with Crippen LogP contribution < -0.4 is 5.32 Å². The highest BCUT2D eigenvalue weighted by atomic mass is 35.5. The Hall–Kier alpha value is -0.210. The van der Waals surface area contributed by atoms with Gasteiger partial charge in [-0.05, 0) is 24.7 Å². The largest absolute Gasteiger partial charge is 0.316 e. The number of hydrogen-bond donors (Lipinski definition) is 1.